The van der Waals surface area contributed by atoms with Gasteiger partial charge in [0.2, 0.25) is 0 Å². The van der Waals surface area contributed by atoms with E-state index in [-0.39, 0.29) is 0 Å². The minimum atomic E-state index is -1.82. The molecule has 3 aromatic carbocycles. The molecule has 5 rings (SSSR count). The predicted octanol–water partition coefficient (Wildman–Crippen LogP) is 7.98. The number of hydrogen-bond donors (Lipinski definition) is 0. The third-order valence-corrected chi connectivity index (χ3v) is 10.5. The molecule has 0 aliphatic heterocycles. The molecule has 2 aromatic heterocycles. The summed E-state index contributed by atoms with van der Waals surface area (Å²) in [5.74, 6) is 6.61. The van der Waals surface area contributed by atoms with Crippen molar-refractivity contribution >= 4 is 39.6 Å². The van der Waals surface area contributed by atoms with E-state index in [0.29, 0.717) is 0 Å². The van der Waals surface area contributed by atoms with Crippen LogP contribution in [0.4, 0.5) is 0 Å². The van der Waals surface area contributed by atoms with Gasteiger partial charge in [-0.3, -0.25) is 0 Å². The van der Waals surface area contributed by atoms with E-state index in [1.807, 2.05) is 38.1 Å². The van der Waals surface area contributed by atoms with Crippen LogP contribution >= 0.6 is 0 Å². The van der Waals surface area contributed by atoms with E-state index in [2.05, 4.69) is 70.8 Å². The third kappa shape index (κ3) is 3.88. The van der Waals surface area contributed by atoms with Gasteiger partial charge in [0.1, 0.15) is 0 Å². The van der Waals surface area contributed by atoms with Gasteiger partial charge in [-0.1, -0.05) is 13.8 Å². The van der Waals surface area contributed by atoms with E-state index >= 15 is 0 Å². The standard InChI is InChI=1S/C29H29GeNO/c1-19(2)21-14-15-31-27(18-21)23-9-13-29-26(17-23)25-16-22(8-12-28(25)32-29)20-6-10-24(11-7-20)30(3,4)5/h6-19H,1-5H3/i19D. The molecule has 0 unspecified atom stereocenters. The number of aromatic nitrogens is 1. The number of fused-ring (bicyclic) bond motifs is 3. The summed E-state index contributed by atoms with van der Waals surface area (Å²) >= 11 is -1.82. The van der Waals surface area contributed by atoms with Crippen LogP contribution in [-0.4, -0.2) is 18.3 Å². The van der Waals surface area contributed by atoms with Crippen LogP contribution < -0.4 is 4.40 Å². The molecule has 0 fully saturated rings. The number of benzene rings is 3. The van der Waals surface area contributed by atoms with Gasteiger partial charge < -0.3 is 0 Å². The molecule has 160 valence electrons. The summed E-state index contributed by atoms with van der Waals surface area (Å²) in [5.41, 5.74) is 7.05. The molecule has 0 spiro atoms. The molecule has 0 bridgehead atoms. The van der Waals surface area contributed by atoms with E-state index in [0.717, 1.165) is 38.8 Å². The average molecular weight is 481 g/mol. The molecule has 5 aromatic rings. The summed E-state index contributed by atoms with van der Waals surface area (Å²) in [5, 5.41) is 2.20. The van der Waals surface area contributed by atoms with Gasteiger partial charge in [0.15, 0.2) is 0 Å². The van der Waals surface area contributed by atoms with Crippen molar-refractivity contribution in [1.29, 1.82) is 0 Å². The zero-order valence-electron chi connectivity index (χ0n) is 20.4. The summed E-state index contributed by atoms with van der Waals surface area (Å²) in [4.78, 5) is 4.58. The molecule has 2 nitrogen and oxygen atoms in total. The van der Waals surface area contributed by atoms with Crippen LogP contribution in [0.3, 0.4) is 0 Å². The first-order valence-electron chi connectivity index (χ1n) is 11.6. The summed E-state index contributed by atoms with van der Waals surface area (Å²) in [6.07, 6.45) is 1.79. The Hall–Kier alpha value is -2.85. The number of rotatable bonds is 4. The Labute approximate surface area is 194 Å². The SMILES string of the molecule is [2H]C(C)(C)c1ccnc(-c2ccc3oc4ccc(-c5cc[c]([Ge]([CH3])([CH3])[CH3])cc5)cc4c3c2)c1. The third-order valence-electron chi connectivity index (χ3n) is 6.19. The first kappa shape index (κ1) is 19.8. The molecule has 0 amide bonds. The second-order valence-electron chi connectivity index (χ2n) is 9.78. The van der Waals surface area contributed by atoms with Gasteiger partial charge in [-0.2, -0.15) is 0 Å². The van der Waals surface area contributed by atoms with Crippen molar-refractivity contribution in [2.75, 3.05) is 0 Å². The summed E-state index contributed by atoms with van der Waals surface area (Å²) in [7, 11) is 0. The summed E-state index contributed by atoms with van der Waals surface area (Å²) in [6.45, 7) is 3.80. The first-order valence-corrected chi connectivity index (χ1v) is 18.5. The Morgan fingerprint density at radius 3 is 1.97 bits per heavy atom. The molecule has 2 heterocycles. The molecule has 0 saturated carbocycles. The van der Waals surface area contributed by atoms with Crippen LogP contribution in [0.25, 0.3) is 44.3 Å². The zero-order valence-corrected chi connectivity index (χ0v) is 21.5. The second kappa shape index (κ2) is 7.93. The molecule has 0 atom stereocenters. The predicted molar refractivity (Wildman–Crippen MR) is 139 cm³/mol. The van der Waals surface area contributed by atoms with Gasteiger partial charge >= 0.3 is 155 Å². The molecular formula is C29H29GeNO. The van der Waals surface area contributed by atoms with E-state index in [9.17, 15) is 0 Å². The molecule has 0 radical (unpaired) electrons. The summed E-state index contributed by atoms with van der Waals surface area (Å²) in [6, 6.07) is 25.7. The topological polar surface area (TPSA) is 26.0 Å². The molecule has 0 aliphatic carbocycles. The van der Waals surface area contributed by atoms with Crippen molar-refractivity contribution in [2.24, 2.45) is 0 Å². The van der Waals surface area contributed by atoms with E-state index in [4.69, 9.17) is 5.79 Å². The van der Waals surface area contributed by atoms with Gasteiger partial charge in [-0.15, -0.1) is 0 Å². The van der Waals surface area contributed by atoms with Gasteiger partial charge in [-0.25, -0.2) is 0 Å². The Bertz CT molecular complexity index is 1470. The Kier molecular flexibility index (Phi) is 4.91. The Balaban J connectivity index is 1.60. The molecule has 0 N–H and O–H groups in total. The molecule has 32 heavy (non-hydrogen) atoms. The van der Waals surface area contributed by atoms with Gasteiger partial charge in [0, 0.05) is 7.57 Å². The average Bonchev–Trinajstić information content (AvgIpc) is 3.15. The molecule has 0 saturated heterocycles. The maximum absolute atomic E-state index is 8.36. The van der Waals surface area contributed by atoms with Crippen LogP contribution in [-0.2, 0) is 0 Å². The second-order valence-corrected chi connectivity index (χ2v) is 20.4. The van der Waals surface area contributed by atoms with Crippen LogP contribution in [0.2, 0.25) is 17.3 Å². The van der Waals surface area contributed by atoms with E-state index in [1.54, 1.807) is 6.20 Å². The summed E-state index contributed by atoms with van der Waals surface area (Å²) < 4.78 is 16.0. The van der Waals surface area contributed by atoms with Gasteiger partial charge in [0.25, 0.3) is 0 Å². The minimum absolute atomic E-state index is 0.662. The van der Waals surface area contributed by atoms with Crippen molar-refractivity contribution in [1.82, 2.24) is 4.98 Å². The van der Waals surface area contributed by atoms with E-state index in [1.165, 1.54) is 15.5 Å². The fourth-order valence-electron chi connectivity index (χ4n) is 4.18. The van der Waals surface area contributed by atoms with Crippen LogP contribution in [0.1, 0.15) is 26.7 Å². The Morgan fingerprint density at radius 2 is 1.34 bits per heavy atom. The number of hydrogen-bond acceptors (Lipinski definition) is 2. The number of nitrogens with zero attached hydrogens (tertiary/aromatic N) is 1. The van der Waals surface area contributed by atoms with E-state index < -0.39 is 19.2 Å². The molecule has 3 heteroatoms. The number of pyridine rings is 1. The van der Waals surface area contributed by atoms with Crippen LogP contribution in [0.15, 0.2) is 83.4 Å². The fourth-order valence-corrected chi connectivity index (χ4v) is 6.63. The van der Waals surface area contributed by atoms with Gasteiger partial charge in [-0.05, 0) is 17.5 Å². The Morgan fingerprint density at radius 1 is 0.750 bits per heavy atom. The monoisotopic (exact) mass is 482 g/mol. The van der Waals surface area contributed by atoms with Gasteiger partial charge in [0.05, 0.1) is 0 Å². The fraction of sp³-hybridized carbons (Fsp3) is 0.207. The zero-order chi connectivity index (χ0) is 23.4. The maximum atomic E-state index is 8.36. The quantitative estimate of drug-likeness (QED) is 0.243. The van der Waals surface area contributed by atoms with Crippen LogP contribution in [0, 0.1) is 0 Å². The normalized spacial score (nSPS) is 13.0. The van der Waals surface area contributed by atoms with Crippen molar-refractivity contribution in [3.63, 3.8) is 0 Å². The first-order chi connectivity index (χ1) is 15.6. The van der Waals surface area contributed by atoms with Crippen molar-refractivity contribution < 1.29 is 5.79 Å². The van der Waals surface area contributed by atoms with Crippen molar-refractivity contribution in [3.8, 4) is 22.4 Å². The molecule has 0 aliphatic rings. The van der Waals surface area contributed by atoms with Crippen molar-refractivity contribution in [3.05, 3.63) is 84.6 Å². The van der Waals surface area contributed by atoms with Crippen molar-refractivity contribution in [2.45, 2.75) is 37.0 Å². The van der Waals surface area contributed by atoms with Crippen LogP contribution in [0.5, 0.6) is 0 Å². The molecular weight excluding hydrogens is 451 g/mol. The number of furan rings is 1.